The second-order valence-electron chi connectivity index (χ2n) is 5.58. The van der Waals surface area contributed by atoms with E-state index >= 15 is 0 Å². The number of rotatable bonds is 4. The highest BCUT2D eigenvalue weighted by molar-refractivity contribution is 5.92. The molecule has 5 heteroatoms. The van der Waals surface area contributed by atoms with E-state index in [4.69, 9.17) is 4.42 Å². The average Bonchev–Trinajstić information content (AvgIpc) is 3.20. The number of halogens is 1. The molecular formula is C19H15FN2O2. The smallest absolute Gasteiger partial charge is 0.155 e. The molecule has 4 rings (SSSR count). The van der Waals surface area contributed by atoms with Crippen molar-refractivity contribution in [3.8, 4) is 11.5 Å². The first-order chi connectivity index (χ1) is 11.7. The minimum Gasteiger partial charge on any atom is -0.457 e. The molecule has 0 aliphatic rings. The molecule has 0 aliphatic heterocycles. The molecule has 4 aromatic rings. The lowest BCUT2D eigenvalue weighted by atomic mass is 10.2. The topological polar surface area (TPSA) is 51.2 Å². The SMILES string of the molecule is OCc1ccc(-c2nn(Cc3cccc(F)c3)c3ccccc23)o1. The first-order valence-corrected chi connectivity index (χ1v) is 7.64. The zero-order valence-electron chi connectivity index (χ0n) is 12.8. The Morgan fingerprint density at radius 1 is 1.04 bits per heavy atom. The molecule has 2 aromatic heterocycles. The molecule has 4 nitrogen and oxygen atoms in total. The Kier molecular flexibility index (Phi) is 3.63. The van der Waals surface area contributed by atoms with E-state index in [0.717, 1.165) is 16.5 Å². The van der Waals surface area contributed by atoms with Crippen molar-refractivity contribution >= 4 is 10.9 Å². The van der Waals surface area contributed by atoms with Crippen molar-refractivity contribution in [1.29, 1.82) is 0 Å². The van der Waals surface area contributed by atoms with Crippen molar-refractivity contribution in [2.75, 3.05) is 0 Å². The van der Waals surface area contributed by atoms with Gasteiger partial charge < -0.3 is 9.52 Å². The lowest BCUT2D eigenvalue weighted by Gasteiger charge is -2.03. The Balaban J connectivity index is 1.82. The lowest BCUT2D eigenvalue weighted by molar-refractivity contribution is 0.248. The summed E-state index contributed by atoms with van der Waals surface area (Å²) in [5.41, 5.74) is 2.49. The average molecular weight is 322 g/mol. The van der Waals surface area contributed by atoms with Gasteiger partial charge in [0.15, 0.2) is 5.76 Å². The van der Waals surface area contributed by atoms with Crippen LogP contribution in [0.1, 0.15) is 11.3 Å². The summed E-state index contributed by atoms with van der Waals surface area (Å²) >= 11 is 0. The molecule has 120 valence electrons. The number of fused-ring (bicyclic) bond motifs is 1. The normalized spacial score (nSPS) is 11.2. The van der Waals surface area contributed by atoms with Gasteiger partial charge in [0.05, 0.1) is 12.1 Å². The van der Waals surface area contributed by atoms with Gasteiger partial charge in [-0.05, 0) is 35.9 Å². The number of benzene rings is 2. The summed E-state index contributed by atoms with van der Waals surface area (Å²) in [4.78, 5) is 0. The van der Waals surface area contributed by atoms with Gasteiger partial charge in [0.2, 0.25) is 0 Å². The minimum atomic E-state index is -0.261. The molecule has 0 atom stereocenters. The first-order valence-electron chi connectivity index (χ1n) is 7.64. The summed E-state index contributed by atoms with van der Waals surface area (Å²) in [6, 6.07) is 17.9. The largest absolute Gasteiger partial charge is 0.457 e. The van der Waals surface area contributed by atoms with Crippen molar-refractivity contribution in [2.24, 2.45) is 0 Å². The van der Waals surface area contributed by atoms with Gasteiger partial charge in [0, 0.05) is 5.39 Å². The van der Waals surface area contributed by atoms with Gasteiger partial charge in [-0.2, -0.15) is 5.10 Å². The Hall–Kier alpha value is -2.92. The van der Waals surface area contributed by atoms with Crippen LogP contribution in [0.2, 0.25) is 0 Å². The highest BCUT2D eigenvalue weighted by Gasteiger charge is 2.15. The molecule has 24 heavy (non-hydrogen) atoms. The monoisotopic (exact) mass is 322 g/mol. The van der Waals surface area contributed by atoms with Gasteiger partial charge in [-0.25, -0.2) is 4.39 Å². The number of nitrogens with zero attached hydrogens (tertiary/aromatic N) is 2. The van der Waals surface area contributed by atoms with Crippen LogP contribution in [0.4, 0.5) is 4.39 Å². The number of para-hydroxylation sites is 1. The van der Waals surface area contributed by atoms with Crippen LogP contribution >= 0.6 is 0 Å². The second-order valence-corrected chi connectivity index (χ2v) is 5.58. The zero-order valence-corrected chi connectivity index (χ0v) is 12.8. The molecule has 2 heterocycles. The van der Waals surface area contributed by atoms with Crippen molar-refractivity contribution in [3.05, 3.63) is 77.8 Å². The first kappa shape index (κ1) is 14.7. The van der Waals surface area contributed by atoms with Crippen LogP contribution in [-0.4, -0.2) is 14.9 Å². The zero-order chi connectivity index (χ0) is 16.5. The van der Waals surface area contributed by atoms with E-state index in [1.807, 2.05) is 35.0 Å². The maximum Gasteiger partial charge on any atom is 0.155 e. The molecule has 0 amide bonds. The molecule has 0 saturated carbocycles. The van der Waals surface area contributed by atoms with E-state index < -0.39 is 0 Å². The Labute approximate surface area is 137 Å². The number of aromatic nitrogens is 2. The Morgan fingerprint density at radius 2 is 1.92 bits per heavy atom. The summed E-state index contributed by atoms with van der Waals surface area (Å²) in [5, 5.41) is 14.8. The number of aliphatic hydroxyl groups excluding tert-OH is 1. The summed E-state index contributed by atoms with van der Waals surface area (Å²) in [7, 11) is 0. The molecule has 0 saturated heterocycles. The van der Waals surface area contributed by atoms with Gasteiger partial charge >= 0.3 is 0 Å². The van der Waals surface area contributed by atoms with Crippen molar-refractivity contribution < 1.29 is 13.9 Å². The maximum absolute atomic E-state index is 13.4. The van der Waals surface area contributed by atoms with E-state index in [2.05, 4.69) is 5.10 Å². The van der Waals surface area contributed by atoms with Gasteiger partial charge in [-0.3, -0.25) is 4.68 Å². The van der Waals surface area contributed by atoms with Crippen LogP contribution in [0.3, 0.4) is 0 Å². The van der Waals surface area contributed by atoms with E-state index in [9.17, 15) is 9.50 Å². The van der Waals surface area contributed by atoms with Gasteiger partial charge in [-0.15, -0.1) is 0 Å². The number of hydrogen-bond acceptors (Lipinski definition) is 3. The van der Waals surface area contributed by atoms with Gasteiger partial charge in [-0.1, -0.05) is 30.3 Å². The van der Waals surface area contributed by atoms with E-state index in [1.54, 1.807) is 18.2 Å². The van der Waals surface area contributed by atoms with Gasteiger partial charge in [0.25, 0.3) is 0 Å². The summed E-state index contributed by atoms with van der Waals surface area (Å²) in [5.74, 6) is 0.838. The Bertz CT molecular complexity index is 1000. The lowest BCUT2D eigenvalue weighted by Crippen LogP contribution is -2.02. The fourth-order valence-corrected chi connectivity index (χ4v) is 2.83. The van der Waals surface area contributed by atoms with E-state index in [0.29, 0.717) is 23.8 Å². The maximum atomic E-state index is 13.4. The molecular weight excluding hydrogens is 307 g/mol. The second kappa shape index (κ2) is 5.94. The Morgan fingerprint density at radius 3 is 2.71 bits per heavy atom. The molecule has 0 radical (unpaired) electrons. The van der Waals surface area contributed by atoms with Crippen LogP contribution in [0.15, 0.2) is 65.1 Å². The van der Waals surface area contributed by atoms with Gasteiger partial charge in [0.1, 0.15) is 23.9 Å². The molecule has 2 aromatic carbocycles. The summed E-state index contributed by atoms with van der Waals surface area (Å²) < 4.78 is 20.9. The molecule has 0 spiro atoms. The van der Waals surface area contributed by atoms with Crippen LogP contribution in [0.25, 0.3) is 22.4 Å². The van der Waals surface area contributed by atoms with Crippen LogP contribution in [0.5, 0.6) is 0 Å². The molecule has 0 fully saturated rings. The fourth-order valence-electron chi connectivity index (χ4n) is 2.83. The number of aliphatic hydroxyl groups is 1. The van der Waals surface area contributed by atoms with Crippen LogP contribution < -0.4 is 0 Å². The highest BCUT2D eigenvalue weighted by atomic mass is 19.1. The van der Waals surface area contributed by atoms with E-state index in [1.165, 1.54) is 12.1 Å². The predicted octanol–water partition coefficient (Wildman–Crippen LogP) is 3.98. The molecule has 0 aliphatic carbocycles. The fraction of sp³-hybridized carbons (Fsp3) is 0.105. The van der Waals surface area contributed by atoms with Crippen molar-refractivity contribution in [3.63, 3.8) is 0 Å². The minimum absolute atomic E-state index is 0.151. The third kappa shape index (κ3) is 2.59. The summed E-state index contributed by atoms with van der Waals surface area (Å²) in [6.45, 7) is 0.313. The number of furan rings is 1. The highest BCUT2D eigenvalue weighted by Crippen LogP contribution is 2.29. The molecule has 1 N–H and O–H groups in total. The van der Waals surface area contributed by atoms with Crippen LogP contribution in [0, 0.1) is 5.82 Å². The third-order valence-electron chi connectivity index (χ3n) is 3.93. The molecule has 0 bridgehead atoms. The standard InChI is InChI=1S/C19H15FN2O2/c20-14-5-3-4-13(10-14)11-22-17-7-2-1-6-16(17)19(21-22)18-9-8-15(12-23)24-18/h1-10,23H,11-12H2. The number of hydrogen-bond donors (Lipinski definition) is 1. The van der Waals surface area contributed by atoms with Crippen molar-refractivity contribution in [2.45, 2.75) is 13.2 Å². The molecule has 0 unspecified atom stereocenters. The van der Waals surface area contributed by atoms with Crippen molar-refractivity contribution in [1.82, 2.24) is 9.78 Å². The third-order valence-corrected chi connectivity index (χ3v) is 3.93. The quantitative estimate of drug-likeness (QED) is 0.618. The summed E-state index contributed by atoms with van der Waals surface area (Å²) in [6.07, 6.45) is 0. The van der Waals surface area contributed by atoms with E-state index in [-0.39, 0.29) is 12.4 Å². The predicted molar refractivity (Wildman–Crippen MR) is 88.9 cm³/mol. The van der Waals surface area contributed by atoms with Crippen LogP contribution in [-0.2, 0) is 13.2 Å².